The van der Waals surface area contributed by atoms with E-state index in [1.165, 1.54) is 12.0 Å². The zero-order valence-electron chi connectivity index (χ0n) is 10.5. The van der Waals surface area contributed by atoms with Crippen molar-refractivity contribution in [2.45, 2.75) is 19.3 Å². The van der Waals surface area contributed by atoms with Gasteiger partial charge in [-0.2, -0.15) is 5.10 Å². The van der Waals surface area contributed by atoms with E-state index in [0.717, 1.165) is 40.8 Å². The molecule has 94 valence electrons. The minimum absolute atomic E-state index is 0.789. The summed E-state index contributed by atoms with van der Waals surface area (Å²) in [5.41, 5.74) is 9.68. The van der Waals surface area contributed by atoms with E-state index in [2.05, 4.69) is 22.2 Å². The fraction of sp³-hybridized carbons (Fsp3) is 0.200. The number of anilines is 1. The summed E-state index contributed by atoms with van der Waals surface area (Å²) in [6.07, 6.45) is 6.93. The topological polar surface area (TPSA) is 56.7 Å². The summed E-state index contributed by atoms with van der Waals surface area (Å²) in [6.45, 7) is 0. The fourth-order valence-corrected chi connectivity index (χ4v) is 2.89. The van der Waals surface area contributed by atoms with Gasteiger partial charge >= 0.3 is 0 Å². The summed E-state index contributed by atoms with van der Waals surface area (Å²) in [4.78, 5) is 4.16. The van der Waals surface area contributed by atoms with Crippen molar-refractivity contribution in [1.29, 1.82) is 0 Å². The molecule has 1 aliphatic rings. The molecule has 0 bridgehead atoms. The van der Waals surface area contributed by atoms with Crippen molar-refractivity contribution in [3.63, 3.8) is 0 Å². The van der Waals surface area contributed by atoms with E-state index in [9.17, 15) is 0 Å². The van der Waals surface area contributed by atoms with Gasteiger partial charge in [-0.25, -0.2) is 4.68 Å². The number of hydrogen-bond donors (Lipinski definition) is 1. The van der Waals surface area contributed by atoms with Gasteiger partial charge in [-0.1, -0.05) is 12.1 Å². The highest BCUT2D eigenvalue weighted by Crippen LogP contribution is 2.30. The van der Waals surface area contributed by atoms with E-state index in [-0.39, 0.29) is 0 Å². The highest BCUT2D eigenvalue weighted by Gasteiger charge is 2.21. The third kappa shape index (κ3) is 1.46. The standard InChI is InChI=1S/C15H14N4/c16-15-12-4-2-5-13(12)18-19(15)14-6-1-3-10-9-17-8-7-11(10)14/h1,3,6-9H,2,4-5,16H2. The highest BCUT2D eigenvalue weighted by atomic mass is 15.3. The van der Waals surface area contributed by atoms with Gasteiger partial charge in [0.15, 0.2) is 0 Å². The second-order valence-corrected chi connectivity index (χ2v) is 4.95. The molecular weight excluding hydrogens is 236 g/mol. The van der Waals surface area contributed by atoms with Crippen LogP contribution in [0.2, 0.25) is 0 Å². The van der Waals surface area contributed by atoms with E-state index in [4.69, 9.17) is 5.73 Å². The van der Waals surface area contributed by atoms with Crippen LogP contribution in [0.3, 0.4) is 0 Å². The number of aryl methyl sites for hydroxylation is 1. The first kappa shape index (κ1) is 10.6. The maximum absolute atomic E-state index is 6.26. The molecule has 2 heterocycles. The number of nitrogens with zero attached hydrogens (tertiary/aromatic N) is 3. The van der Waals surface area contributed by atoms with Crippen molar-refractivity contribution in [2.75, 3.05) is 5.73 Å². The van der Waals surface area contributed by atoms with Gasteiger partial charge in [-0.3, -0.25) is 4.98 Å². The van der Waals surface area contributed by atoms with E-state index in [1.54, 1.807) is 6.20 Å². The SMILES string of the molecule is Nc1c2c(nn1-c1cccc3cnccc13)CCC2. The van der Waals surface area contributed by atoms with Crippen LogP contribution in [0.4, 0.5) is 5.82 Å². The lowest BCUT2D eigenvalue weighted by Crippen LogP contribution is -2.04. The van der Waals surface area contributed by atoms with E-state index in [1.807, 2.05) is 23.0 Å². The Labute approximate surface area is 110 Å². The van der Waals surface area contributed by atoms with Crippen molar-refractivity contribution in [2.24, 2.45) is 0 Å². The Morgan fingerprint density at radius 3 is 3.00 bits per heavy atom. The second-order valence-electron chi connectivity index (χ2n) is 4.95. The first-order valence-electron chi connectivity index (χ1n) is 6.54. The lowest BCUT2D eigenvalue weighted by atomic mass is 10.1. The molecule has 19 heavy (non-hydrogen) atoms. The van der Waals surface area contributed by atoms with Crippen molar-refractivity contribution in [3.8, 4) is 5.69 Å². The quantitative estimate of drug-likeness (QED) is 0.722. The number of benzene rings is 1. The molecule has 2 aromatic heterocycles. The number of hydrogen-bond acceptors (Lipinski definition) is 3. The number of rotatable bonds is 1. The Morgan fingerprint density at radius 2 is 2.11 bits per heavy atom. The summed E-state index contributed by atoms with van der Waals surface area (Å²) in [5.74, 6) is 0.789. The lowest BCUT2D eigenvalue weighted by molar-refractivity contribution is 0.811. The molecule has 0 unspecified atom stereocenters. The average Bonchev–Trinajstić information content (AvgIpc) is 3.02. The molecule has 1 aliphatic carbocycles. The van der Waals surface area contributed by atoms with Gasteiger partial charge in [-0.15, -0.1) is 0 Å². The monoisotopic (exact) mass is 250 g/mol. The molecule has 0 saturated carbocycles. The van der Waals surface area contributed by atoms with Crippen molar-refractivity contribution >= 4 is 16.6 Å². The molecule has 0 fully saturated rings. The molecule has 0 saturated heterocycles. The summed E-state index contributed by atoms with van der Waals surface area (Å²) in [7, 11) is 0. The van der Waals surface area contributed by atoms with Gasteiger partial charge in [0.25, 0.3) is 0 Å². The molecule has 4 heteroatoms. The first-order valence-corrected chi connectivity index (χ1v) is 6.54. The van der Waals surface area contributed by atoms with Crippen molar-refractivity contribution < 1.29 is 0 Å². The van der Waals surface area contributed by atoms with E-state index >= 15 is 0 Å². The van der Waals surface area contributed by atoms with E-state index in [0.29, 0.717) is 0 Å². The predicted molar refractivity (Wildman–Crippen MR) is 75.3 cm³/mol. The van der Waals surface area contributed by atoms with Gasteiger partial charge in [0.05, 0.1) is 11.4 Å². The minimum atomic E-state index is 0.789. The zero-order chi connectivity index (χ0) is 12.8. The van der Waals surface area contributed by atoms with Crippen LogP contribution in [0.1, 0.15) is 17.7 Å². The molecule has 3 aromatic rings. The highest BCUT2D eigenvalue weighted by molar-refractivity contribution is 5.89. The van der Waals surface area contributed by atoms with Gasteiger partial charge in [0.2, 0.25) is 0 Å². The Hall–Kier alpha value is -2.36. The van der Waals surface area contributed by atoms with Crippen LogP contribution in [-0.4, -0.2) is 14.8 Å². The molecule has 4 nitrogen and oxygen atoms in total. The Balaban J connectivity index is 2.01. The molecule has 0 radical (unpaired) electrons. The maximum atomic E-state index is 6.26. The first-order chi connectivity index (χ1) is 9.34. The maximum Gasteiger partial charge on any atom is 0.130 e. The molecule has 0 atom stereocenters. The van der Waals surface area contributed by atoms with Crippen LogP contribution in [0.15, 0.2) is 36.7 Å². The van der Waals surface area contributed by atoms with Crippen LogP contribution in [0.25, 0.3) is 16.5 Å². The summed E-state index contributed by atoms with van der Waals surface area (Å²) < 4.78 is 1.88. The van der Waals surface area contributed by atoms with Crippen molar-refractivity contribution in [1.82, 2.24) is 14.8 Å². The Bertz CT molecular complexity index is 768. The summed E-state index contributed by atoms with van der Waals surface area (Å²) in [5, 5.41) is 6.92. The zero-order valence-corrected chi connectivity index (χ0v) is 10.5. The van der Waals surface area contributed by atoms with Gasteiger partial charge in [-0.05, 0) is 31.4 Å². The average molecular weight is 250 g/mol. The number of nitrogen functional groups attached to an aromatic ring is 1. The third-order valence-electron chi connectivity index (χ3n) is 3.83. The normalized spacial score (nSPS) is 13.9. The molecule has 4 rings (SSSR count). The largest absolute Gasteiger partial charge is 0.383 e. The predicted octanol–water partition coefficient (Wildman–Crippen LogP) is 2.49. The smallest absolute Gasteiger partial charge is 0.130 e. The van der Waals surface area contributed by atoms with Crippen LogP contribution in [-0.2, 0) is 12.8 Å². The van der Waals surface area contributed by atoms with E-state index < -0.39 is 0 Å². The number of pyridine rings is 1. The molecule has 1 aromatic carbocycles. The van der Waals surface area contributed by atoms with Crippen LogP contribution < -0.4 is 5.73 Å². The van der Waals surface area contributed by atoms with Crippen LogP contribution in [0.5, 0.6) is 0 Å². The lowest BCUT2D eigenvalue weighted by Gasteiger charge is -2.08. The van der Waals surface area contributed by atoms with Gasteiger partial charge in [0, 0.05) is 28.7 Å². The third-order valence-corrected chi connectivity index (χ3v) is 3.83. The molecule has 0 amide bonds. The number of nitrogens with two attached hydrogens (primary N) is 1. The Morgan fingerprint density at radius 1 is 1.16 bits per heavy atom. The molecule has 0 aliphatic heterocycles. The van der Waals surface area contributed by atoms with Crippen molar-refractivity contribution in [3.05, 3.63) is 47.9 Å². The van der Waals surface area contributed by atoms with Gasteiger partial charge < -0.3 is 5.73 Å². The number of aromatic nitrogens is 3. The minimum Gasteiger partial charge on any atom is -0.383 e. The number of fused-ring (bicyclic) bond motifs is 2. The second kappa shape index (κ2) is 3.82. The molecule has 2 N–H and O–H groups in total. The van der Waals surface area contributed by atoms with Crippen LogP contribution in [0, 0.1) is 0 Å². The summed E-state index contributed by atoms with van der Waals surface area (Å²) in [6, 6.07) is 8.14. The summed E-state index contributed by atoms with van der Waals surface area (Å²) >= 11 is 0. The fourth-order valence-electron chi connectivity index (χ4n) is 2.89. The van der Waals surface area contributed by atoms with Gasteiger partial charge in [0.1, 0.15) is 5.82 Å². The van der Waals surface area contributed by atoms with Crippen LogP contribution >= 0.6 is 0 Å². The molecule has 0 spiro atoms. The molecular formula is C15H14N4. The Kier molecular flexibility index (Phi) is 2.12.